The molecule has 0 aliphatic rings. The van der Waals surface area contributed by atoms with Gasteiger partial charge in [0.05, 0.1) is 0 Å². The van der Waals surface area contributed by atoms with Crippen LogP contribution in [0.3, 0.4) is 0 Å². The second kappa shape index (κ2) is 28.9. The van der Waals surface area contributed by atoms with Gasteiger partial charge in [0.2, 0.25) is 0 Å². The molecule has 0 heterocycles. The van der Waals surface area contributed by atoms with Crippen molar-refractivity contribution in [1.29, 1.82) is 0 Å². The van der Waals surface area contributed by atoms with Crippen molar-refractivity contribution in [1.82, 2.24) is 0 Å². The zero-order valence-corrected chi connectivity index (χ0v) is 25.1. The summed E-state index contributed by atoms with van der Waals surface area (Å²) in [4.78, 5) is 23.3. The fourth-order valence-corrected chi connectivity index (χ4v) is 4.88. The second-order valence-corrected chi connectivity index (χ2v) is 11.0. The normalized spacial score (nSPS) is 13.0. The lowest BCUT2D eigenvalue weighted by Crippen LogP contribution is -2.44. The van der Waals surface area contributed by atoms with Crippen LogP contribution in [0.2, 0.25) is 0 Å². The van der Waals surface area contributed by atoms with Crippen molar-refractivity contribution in [2.45, 2.75) is 180 Å². The maximum absolute atomic E-state index is 11.7. The Hall–Kier alpha value is -1.14. The van der Waals surface area contributed by atoms with Crippen molar-refractivity contribution in [2.24, 2.45) is 0 Å². The van der Waals surface area contributed by atoms with E-state index < -0.39 is 24.1 Å². The Bertz CT molecular complexity index is 478. The number of hydrogen-bond acceptors (Lipinski definition) is 4. The highest BCUT2D eigenvalue weighted by atomic mass is 16.6. The summed E-state index contributed by atoms with van der Waals surface area (Å²) in [6.45, 7) is 4.98. The van der Waals surface area contributed by atoms with Crippen LogP contribution in [0.15, 0.2) is 0 Å². The molecule has 0 fully saturated rings. The number of carboxylic acid groups (broad SMARTS) is 2. The van der Waals surface area contributed by atoms with Crippen LogP contribution in [0.1, 0.15) is 168 Å². The smallest absolute Gasteiger partial charge is 0.336 e. The van der Waals surface area contributed by atoms with Gasteiger partial charge >= 0.3 is 11.9 Å². The third-order valence-corrected chi connectivity index (χ3v) is 7.35. The molecule has 2 N–H and O–H groups in total. The first-order valence-corrected chi connectivity index (χ1v) is 16.2. The van der Waals surface area contributed by atoms with E-state index >= 15 is 0 Å². The van der Waals surface area contributed by atoms with E-state index in [-0.39, 0.29) is 13.2 Å². The van der Waals surface area contributed by atoms with Gasteiger partial charge in [-0.3, -0.25) is 0 Å². The number of carboxylic acids is 2. The minimum absolute atomic E-state index is 0.250. The molecule has 0 saturated heterocycles. The number of ether oxygens (including phenoxy) is 2. The van der Waals surface area contributed by atoms with E-state index in [1.807, 2.05) is 0 Å². The number of carbonyl (C=O) groups is 2. The van der Waals surface area contributed by atoms with Gasteiger partial charge in [-0.25, -0.2) is 9.59 Å². The average Bonchev–Trinajstić information content (AvgIpc) is 2.89. The molecule has 0 spiro atoms. The average molecular weight is 543 g/mol. The fraction of sp³-hybridized carbons (Fsp3) is 0.938. The highest BCUT2D eigenvalue weighted by molar-refractivity contribution is 5.83. The van der Waals surface area contributed by atoms with Gasteiger partial charge in [-0.05, 0) is 12.8 Å². The number of unbranched alkanes of at least 4 members (excludes halogenated alkanes) is 22. The van der Waals surface area contributed by atoms with Gasteiger partial charge in [0.25, 0.3) is 0 Å². The largest absolute Gasteiger partial charge is 0.479 e. The first-order chi connectivity index (χ1) is 18.5. The van der Waals surface area contributed by atoms with E-state index in [1.165, 1.54) is 116 Å². The molecule has 0 rings (SSSR count). The standard InChI is InChI=1S/C32H62O6/c1-3-5-7-9-11-13-15-17-19-21-23-25-27-37-29(31(33)34)30(32(35)36)38-28-26-24-22-20-18-16-14-12-10-8-6-4-2/h29-30H,3-28H2,1-2H3,(H,33,34)(H,35,36). The van der Waals surface area contributed by atoms with Crippen molar-refractivity contribution in [2.75, 3.05) is 13.2 Å². The number of aliphatic carboxylic acids is 2. The Morgan fingerprint density at radius 1 is 0.421 bits per heavy atom. The SMILES string of the molecule is CCCCCCCCCCCCCCOC(C(=O)O)C(OCCCCCCCCCCCCCC)C(=O)O. The van der Waals surface area contributed by atoms with E-state index in [4.69, 9.17) is 9.47 Å². The van der Waals surface area contributed by atoms with Crippen LogP contribution in [0.25, 0.3) is 0 Å². The van der Waals surface area contributed by atoms with Gasteiger partial charge in [-0.1, -0.05) is 155 Å². The molecule has 6 heteroatoms. The van der Waals surface area contributed by atoms with E-state index in [2.05, 4.69) is 13.8 Å². The molecule has 0 aromatic heterocycles. The van der Waals surface area contributed by atoms with Crippen LogP contribution in [0.5, 0.6) is 0 Å². The zero-order chi connectivity index (χ0) is 28.1. The predicted octanol–water partition coefficient (Wildman–Crippen LogP) is 9.33. The Labute approximate surface area is 234 Å². The molecule has 0 aliphatic carbocycles. The molecule has 0 aromatic rings. The summed E-state index contributed by atoms with van der Waals surface area (Å²) in [7, 11) is 0. The Morgan fingerprint density at radius 2 is 0.632 bits per heavy atom. The van der Waals surface area contributed by atoms with Crippen molar-refractivity contribution in [3.05, 3.63) is 0 Å². The van der Waals surface area contributed by atoms with Crippen molar-refractivity contribution >= 4 is 11.9 Å². The lowest BCUT2D eigenvalue weighted by atomic mass is 10.1. The summed E-state index contributed by atoms with van der Waals surface area (Å²) < 4.78 is 11.0. The van der Waals surface area contributed by atoms with Gasteiger partial charge in [-0.2, -0.15) is 0 Å². The predicted molar refractivity (Wildman–Crippen MR) is 157 cm³/mol. The zero-order valence-electron chi connectivity index (χ0n) is 25.1. The lowest BCUT2D eigenvalue weighted by Gasteiger charge is -2.21. The van der Waals surface area contributed by atoms with Crippen LogP contribution in [0.4, 0.5) is 0 Å². The van der Waals surface area contributed by atoms with Gasteiger partial charge < -0.3 is 19.7 Å². The molecule has 2 unspecified atom stereocenters. The van der Waals surface area contributed by atoms with E-state index in [0.717, 1.165) is 38.5 Å². The topological polar surface area (TPSA) is 93.1 Å². The van der Waals surface area contributed by atoms with Gasteiger partial charge in [0, 0.05) is 13.2 Å². The van der Waals surface area contributed by atoms with Crippen molar-refractivity contribution < 1.29 is 29.3 Å². The molecular formula is C32H62O6. The van der Waals surface area contributed by atoms with Gasteiger partial charge in [0.1, 0.15) is 0 Å². The summed E-state index contributed by atoms with van der Waals surface area (Å²) in [6.07, 6.45) is 26.2. The lowest BCUT2D eigenvalue weighted by molar-refractivity contribution is -0.176. The fourth-order valence-electron chi connectivity index (χ4n) is 4.88. The maximum atomic E-state index is 11.7. The number of hydrogen-bond donors (Lipinski definition) is 2. The summed E-state index contributed by atoms with van der Waals surface area (Å²) in [5.74, 6) is -2.54. The van der Waals surface area contributed by atoms with Crippen LogP contribution in [0, 0.1) is 0 Å². The monoisotopic (exact) mass is 542 g/mol. The van der Waals surface area contributed by atoms with E-state index in [1.54, 1.807) is 0 Å². The Kier molecular flexibility index (Phi) is 28.0. The summed E-state index contributed by atoms with van der Waals surface area (Å²) in [5.41, 5.74) is 0. The van der Waals surface area contributed by atoms with Crippen molar-refractivity contribution in [3.63, 3.8) is 0 Å². The third-order valence-electron chi connectivity index (χ3n) is 7.35. The molecule has 6 nitrogen and oxygen atoms in total. The first kappa shape index (κ1) is 36.9. The summed E-state index contributed by atoms with van der Waals surface area (Å²) in [5, 5.41) is 19.0. The number of rotatable bonds is 31. The van der Waals surface area contributed by atoms with Gasteiger partial charge in [-0.15, -0.1) is 0 Å². The third kappa shape index (κ3) is 23.9. The van der Waals surface area contributed by atoms with Crippen LogP contribution >= 0.6 is 0 Å². The quantitative estimate of drug-likeness (QED) is 0.0848. The minimum atomic E-state index is -1.46. The van der Waals surface area contributed by atoms with Crippen LogP contribution < -0.4 is 0 Å². The Morgan fingerprint density at radius 3 is 0.842 bits per heavy atom. The molecule has 0 bridgehead atoms. The second-order valence-electron chi connectivity index (χ2n) is 11.0. The van der Waals surface area contributed by atoms with E-state index in [9.17, 15) is 19.8 Å². The minimum Gasteiger partial charge on any atom is -0.479 e. The van der Waals surface area contributed by atoms with Crippen molar-refractivity contribution in [3.8, 4) is 0 Å². The summed E-state index contributed by atoms with van der Waals surface area (Å²) >= 11 is 0. The molecule has 0 radical (unpaired) electrons. The Balaban J connectivity index is 3.84. The highest BCUT2D eigenvalue weighted by Gasteiger charge is 2.35. The van der Waals surface area contributed by atoms with E-state index in [0.29, 0.717) is 0 Å². The molecule has 0 saturated carbocycles. The van der Waals surface area contributed by atoms with Crippen LogP contribution in [-0.4, -0.2) is 47.6 Å². The molecule has 226 valence electrons. The molecular weight excluding hydrogens is 480 g/mol. The van der Waals surface area contributed by atoms with Crippen LogP contribution in [-0.2, 0) is 19.1 Å². The molecule has 0 aliphatic heterocycles. The highest BCUT2D eigenvalue weighted by Crippen LogP contribution is 2.15. The molecule has 0 amide bonds. The summed E-state index contributed by atoms with van der Waals surface area (Å²) in [6, 6.07) is 0. The van der Waals surface area contributed by atoms with Gasteiger partial charge in [0.15, 0.2) is 12.2 Å². The first-order valence-electron chi connectivity index (χ1n) is 16.2. The molecule has 2 atom stereocenters. The molecule has 38 heavy (non-hydrogen) atoms. The maximum Gasteiger partial charge on any atom is 0.336 e. The molecule has 0 aromatic carbocycles.